The fourth-order valence-corrected chi connectivity index (χ4v) is 2.69. The lowest BCUT2D eigenvalue weighted by Gasteiger charge is -2.26. The number of hydrogen-bond acceptors (Lipinski definition) is 5. The molecular formula is C18H22N4O2. The van der Waals surface area contributed by atoms with E-state index < -0.39 is 0 Å². The van der Waals surface area contributed by atoms with Gasteiger partial charge in [0.15, 0.2) is 0 Å². The van der Waals surface area contributed by atoms with Crippen LogP contribution in [0.2, 0.25) is 0 Å². The topological polar surface area (TPSA) is 67.4 Å². The summed E-state index contributed by atoms with van der Waals surface area (Å²) in [6.45, 7) is 6.91. The Morgan fingerprint density at radius 2 is 1.96 bits per heavy atom. The molecule has 0 radical (unpaired) electrons. The Hall–Kier alpha value is -2.47. The van der Waals surface area contributed by atoms with E-state index in [9.17, 15) is 4.79 Å². The quantitative estimate of drug-likeness (QED) is 0.933. The maximum atomic E-state index is 12.6. The van der Waals surface area contributed by atoms with E-state index in [4.69, 9.17) is 4.74 Å². The van der Waals surface area contributed by atoms with Gasteiger partial charge in [-0.25, -0.2) is 9.97 Å². The maximum Gasteiger partial charge on any atom is 0.272 e. The molecule has 0 spiro atoms. The van der Waals surface area contributed by atoms with Gasteiger partial charge in [-0.1, -0.05) is 24.3 Å². The molecule has 0 unspecified atom stereocenters. The normalized spacial score (nSPS) is 14.5. The molecule has 1 saturated heterocycles. The summed E-state index contributed by atoms with van der Waals surface area (Å²) in [6, 6.07) is 9.92. The van der Waals surface area contributed by atoms with E-state index in [2.05, 4.69) is 34.3 Å². The summed E-state index contributed by atoms with van der Waals surface area (Å²) in [5, 5.41) is 3.29. The van der Waals surface area contributed by atoms with Crippen LogP contribution in [-0.4, -0.2) is 47.1 Å². The van der Waals surface area contributed by atoms with Crippen LogP contribution in [0.15, 0.2) is 30.3 Å². The number of anilines is 1. The minimum atomic E-state index is -0.0669. The number of rotatable bonds is 4. The number of ether oxygens (including phenoxy) is 1. The van der Waals surface area contributed by atoms with E-state index in [-0.39, 0.29) is 5.91 Å². The smallest absolute Gasteiger partial charge is 0.272 e. The monoisotopic (exact) mass is 326 g/mol. The van der Waals surface area contributed by atoms with Crippen molar-refractivity contribution in [1.82, 2.24) is 14.9 Å². The van der Waals surface area contributed by atoms with Crippen molar-refractivity contribution >= 4 is 11.7 Å². The van der Waals surface area contributed by atoms with Gasteiger partial charge in [0.05, 0.1) is 13.2 Å². The summed E-state index contributed by atoms with van der Waals surface area (Å²) in [5.74, 6) is 1.19. The highest BCUT2D eigenvalue weighted by Crippen LogP contribution is 2.13. The van der Waals surface area contributed by atoms with Crippen molar-refractivity contribution in [2.45, 2.75) is 20.4 Å². The number of morpholine rings is 1. The molecule has 2 heterocycles. The number of aromatic nitrogens is 2. The van der Waals surface area contributed by atoms with E-state index in [0.717, 1.165) is 0 Å². The zero-order valence-electron chi connectivity index (χ0n) is 14.1. The molecule has 1 fully saturated rings. The first-order chi connectivity index (χ1) is 11.6. The van der Waals surface area contributed by atoms with Crippen LogP contribution >= 0.6 is 0 Å². The maximum absolute atomic E-state index is 12.6. The molecule has 1 aromatic heterocycles. The van der Waals surface area contributed by atoms with Gasteiger partial charge in [-0.3, -0.25) is 4.79 Å². The minimum Gasteiger partial charge on any atom is -0.378 e. The highest BCUT2D eigenvalue weighted by Gasteiger charge is 2.20. The lowest BCUT2D eigenvalue weighted by atomic mass is 10.1. The summed E-state index contributed by atoms with van der Waals surface area (Å²) in [6.07, 6.45) is 0. The third-order valence-electron chi connectivity index (χ3n) is 4.08. The number of carbonyl (C=O) groups is 1. The number of hydrogen-bond donors (Lipinski definition) is 1. The molecule has 24 heavy (non-hydrogen) atoms. The standard InChI is InChI=1S/C18H22N4O2/c1-13-5-3-4-6-15(13)12-19-17-11-16(20-14(2)21-17)18(23)22-7-9-24-10-8-22/h3-6,11H,7-10,12H2,1-2H3,(H,19,20,21). The highest BCUT2D eigenvalue weighted by molar-refractivity contribution is 5.93. The molecule has 1 N–H and O–H groups in total. The molecule has 0 aliphatic carbocycles. The first-order valence-electron chi connectivity index (χ1n) is 8.14. The van der Waals surface area contributed by atoms with Crippen LogP contribution in [0.25, 0.3) is 0 Å². The van der Waals surface area contributed by atoms with Crippen molar-refractivity contribution in [3.8, 4) is 0 Å². The van der Waals surface area contributed by atoms with Crippen LogP contribution in [0.3, 0.4) is 0 Å². The minimum absolute atomic E-state index is 0.0669. The highest BCUT2D eigenvalue weighted by atomic mass is 16.5. The first kappa shape index (κ1) is 16.4. The van der Waals surface area contributed by atoms with Gasteiger partial charge in [0.25, 0.3) is 5.91 Å². The Morgan fingerprint density at radius 3 is 2.71 bits per heavy atom. The lowest BCUT2D eigenvalue weighted by Crippen LogP contribution is -2.41. The number of nitrogens with one attached hydrogen (secondary N) is 1. The van der Waals surface area contributed by atoms with Crippen LogP contribution in [0.4, 0.5) is 5.82 Å². The van der Waals surface area contributed by atoms with E-state index in [1.807, 2.05) is 12.1 Å². The first-order valence-corrected chi connectivity index (χ1v) is 8.14. The predicted molar refractivity (Wildman–Crippen MR) is 92.0 cm³/mol. The third-order valence-corrected chi connectivity index (χ3v) is 4.08. The number of amides is 1. The summed E-state index contributed by atoms with van der Waals surface area (Å²) in [5.41, 5.74) is 2.85. The fraction of sp³-hybridized carbons (Fsp3) is 0.389. The molecule has 0 saturated carbocycles. The van der Waals surface area contributed by atoms with Gasteiger partial charge in [-0.15, -0.1) is 0 Å². The van der Waals surface area contributed by atoms with Gasteiger partial charge >= 0.3 is 0 Å². The Morgan fingerprint density at radius 1 is 1.21 bits per heavy atom. The fourth-order valence-electron chi connectivity index (χ4n) is 2.69. The Kier molecular flexibility index (Phi) is 5.05. The van der Waals surface area contributed by atoms with Gasteiger partial charge in [0.1, 0.15) is 17.3 Å². The third kappa shape index (κ3) is 3.89. The van der Waals surface area contributed by atoms with Crippen molar-refractivity contribution in [2.24, 2.45) is 0 Å². The molecule has 1 aromatic carbocycles. The Balaban J connectivity index is 1.73. The largest absolute Gasteiger partial charge is 0.378 e. The predicted octanol–water partition coefficient (Wildman–Crippen LogP) is 2.18. The number of aryl methyl sites for hydroxylation is 2. The Labute approximate surface area is 141 Å². The van der Waals surface area contributed by atoms with Crippen LogP contribution in [0, 0.1) is 13.8 Å². The summed E-state index contributed by atoms with van der Waals surface area (Å²) in [7, 11) is 0. The van der Waals surface area contributed by atoms with E-state index >= 15 is 0 Å². The van der Waals surface area contributed by atoms with Crippen LogP contribution in [-0.2, 0) is 11.3 Å². The lowest BCUT2D eigenvalue weighted by molar-refractivity contribution is 0.0299. The average Bonchev–Trinajstić information content (AvgIpc) is 2.61. The molecule has 0 atom stereocenters. The van der Waals surface area contributed by atoms with Crippen LogP contribution < -0.4 is 5.32 Å². The SMILES string of the molecule is Cc1nc(NCc2ccccc2C)cc(C(=O)N2CCOCC2)n1. The zero-order chi connectivity index (χ0) is 16.9. The molecule has 0 bridgehead atoms. The van der Waals surface area contributed by atoms with E-state index in [1.54, 1.807) is 17.9 Å². The van der Waals surface area contributed by atoms with Crippen LogP contribution in [0.5, 0.6) is 0 Å². The van der Waals surface area contributed by atoms with Gasteiger partial charge in [0, 0.05) is 25.7 Å². The molecule has 6 nitrogen and oxygen atoms in total. The second kappa shape index (κ2) is 7.40. The van der Waals surface area contributed by atoms with Gasteiger partial charge in [-0.2, -0.15) is 0 Å². The van der Waals surface area contributed by atoms with Gasteiger partial charge < -0.3 is 15.0 Å². The Bertz CT molecular complexity index is 727. The van der Waals surface area contributed by atoms with Crippen molar-refractivity contribution in [3.05, 3.63) is 53.0 Å². The molecule has 3 rings (SSSR count). The second-order valence-corrected chi connectivity index (χ2v) is 5.87. The average molecular weight is 326 g/mol. The van der Waals surface area contributed by atoms with Crippen LogP contribution in [0.1, 0.15) is 27.4 Å². The van der Waals surface area contributed by atoms with Crippen molar-refractivity contribution < 1.29 is 9.53 Å². The van der Waals surface area contributed by atoms with Gasteiger partial charge in [0.2, 0.25) is 0 Å². The summed E-state index contributed by atoms with van der Waals surface area (Å²) >= 11 is 0. The van der Waals surface area contributed by atoms with Crippen molar-refractivity contribution in [1.29, 1.82) is 0 Å². The molecule has 2 aromatic rings. The van der Waals surface area contributed by atoms with Crippen molar-refractivity contribution in [3.63, 3.8) is 0 Å². The second-order valence-electron chi connectivity index (χ2n) is 5.87. The summed E-state index contributed by atoms with van der Waals surface area (Å²) in [4.78, 5) is 23.0. The molecular weight excluding hydrogens is 304 g/mol. The molecule has 1 aliphatic heterocycles. The number of benzene rings is 1. The van der Waals surface area contributed by atoms with Gasteiger partial charge in [-0.05, 0) is 25.0 Å². The molecule has 1 amide bonds. The molecule has 126 valence electrons. The molecule has 6 heteroatoms. The van der Waals surface area contributed by atoms with Crippen molar-refractivity contribution in [2.75, 3.05) is 31.6 Å². The summed E-state index contributed by atoms with van der Waals surface area (Å²) < 4.78 is 5.29. The molecule has 1 aliphatic rings. The van der Waals surface area contributed by atoms with E-state index in [0.29, 0.717) is 50.2 Å². The number of carbonyl (C=O) groups excluding carboxylic acids is 1. The van der Waals surface area contributed by atoms with E-state index in [1.165, 1.54) is 11.1 Å². The number of nitrogens with zero attached hydrogens (tertiary/aromatic N) is 3. The zero-order valence-corrected chi connectivity index (χ0v) is 14.1.